The Balaban J connectivity index is 1.53. The molecule has 1 spiro atoms. The molecule has 2 aromatic rings. The minimum atomic E-state index is -0.723. The van der Waals surface area contributed by atoms with Crippen molar-refractivity contribution in [2.75, 3.05) is 25.1 Å². The monoisotopic (exact) mass is 447 g/mol. The van der Waals surface area contributed by atoms with Crippen LogP contribution in [0, 0.1) is 0 Å². The molecule has 1 aliphatic carbocycles. The summed E-state index contributed by atoms with van der Waals surface area (Å²) in [6.45, 7) is 0.912. The number of hydrogen-bond acceptors (Lipinski definition) is 5. The van der Waals surface area contributed by atoms with Gasteiger partial charge in [0.05, 0.1) is 30.9 Å². The number of carbonyl (C=O) groups is 2. The van der Waals surface area contributed by atoms with E-state index in [1.165, 1.54) is 6.42 Å². The first kappa shape index (κ1) is 21.4. The van der Waals surface area contributed by atoms with Crippen molar-refractivity contribution < 1.29 is 14.3 Å². The largest absolute Gasteiger partial charge is 0.497 e. The van der Waals surface area contributed by atoms with Crippen LogP contribution >= 0.6 is 0 Å². The Morgan fingerprint density at radius 2 is 2.06 bits per heavy atom. The summed E-state index contributed by atoms with van der Waals surface area (Å²) in [5, 5.41) is 3.07. The summed E-state index contributed by atoms with van der Waals surface area (Å²) >= 11 is 0. The Labute approximate surface area is 193 Å². The van der Waals surface area contributed by atoms with Gasteiger partial charge >= 0.3 is 6.03 Å². The van der Waals surface area contributed by atoms with E-state index in [-0.39, 0.29) is 18.0 Å². The van der Waals surface area contributed by atoms with Crippen molar-refractivity contribution >= 4 is 23.5 Å². The van der Waals surface area contributed by atoms with E-state index in [0.717, 1.165) is 31.4 Å². The predicted octanol–water partition coefficient (Wildman–Crippen LogP) is 3.64. The topological polar surface area (TPSA) is 87.1 Å². The molecule has 2 saturated heterocycles. The minimum Gasteiger partial charge on any atom is -0.497 e. The van der Waals surface area contributed by atoms with Gasteiger partial charge in [-0.1, -0.05) is 25.3 Å². The fourth-order valence-corrected chi connectivity index (χ4v) is 5.25. The Bertz CT molecular complexity index is 1070. The Kier molecular flexibility index (Phi) is 5.74. The van der Waals surface area contributed by atoms with Crippen LogP contribution in [0.1, 0.15) is 48.9 Å². The molecule has 8 heteroatoms. The van der Waals surface area contributed by atoms with Crippen LogP contribution in [0.4, 0.5) is 10.5 Å². The molecule has 0 radical (unpaired) electrons. The number of rotatable bonds is 4. The number of carbonyl (C=O) groups excluding carboxylic acids is 2. The van der Waals surface area contributed by atoms with Crippen molar-refractivity contribution in [3.8, 4) is 5.75 Å². The molecule has 0 bridgehead atoms. The standard InChI is InChI=1S/C25H29N5O3/c1-33-21-11-5-10-20(15-21)30-24(32)28-23(27-19-8-3-2-4-9-19)25(30)12-14-29(17-25)22(31)18-7-6-13-26-16-18/h5-7,10-11,13,15-16,19H,2-4,8-9,12,14,17H2,1H3,(H,27,28,32). The molecule has 1 saturated carbocycles. The third kappa shape index (κ3) is 3.94. The average Bonchev–Trinajstić information content (AvgIpc) is 3.41. The lowest BCUT2D eigenvalue weighted by molar-refractivity contribution is 0.0788. The number of pyridine rings is 1. The lowest BCUT2D eigenvalue weighted by Gasteiger charge is -2.34. The number of aliphatic imine (C=N–C) groups is 1. The number of nitrogens with zero attached hydrogens (tertiary/aromatic N) is 4. The third-order valence-electron chi connectivity index (χ3n) is 6.94. The molecule has 1 atom stereocenters. The number of aromatic nitrogens is 1. The molecule has 3 amide bonds. The third-order valence-corrected chi connectivity index (χ3v) is 6.94. The highest BCUT2D eigenvalue weighted by atomic mass is 16.5. The van der Waals surface area contributed by atoms with Gasteiger partial charge in [0.2, 0.25) is 0 Å². The van der Waals surface area contributed by atoms with Gasteiger partial charge in [0, 0.05) is 25.0 Å². The number of anilines is 1. The molecule has 3 heterocycles. The second kappa shape index (κ2) is 8.84. The van der Waals surface area contributed by atoms with Gasteiger partial charge in [-0.05, 0) is 43.5 Å². The van der Waals surface area contributed by atoms with Gasteiger partial charge in [0.25, 0.3) is 5.91 Å². The molecule has 3 fully saturated rings. The van der Waals surface area contributed by atoms with Gasteiger partial charge < -0.3 is 9.64 Å². The van der Waals surface area contributed by atoms with Gasteiger partial charge in [0.1, 0.15) is 17.1 Å². The maximum Gasteiger partial charge on any atom is 0.328 e. The highest BCUT2D eigenvalue weighted by Crippen LogP contribution is 2.39. The Hall–Kier alpha value is -3.42. The van der Waals surface area contributed by atoms with E-state index in [1.54, 1.807) is 41.4 Å². The molecule has 172 valence electrons. The SMILES string of the molecule is COc1cccc(N2C(=O)NC(=NC3CCCCC3)C23CCN(C(=O)c2cccnc2)C3)c1. The quantitative estimate of drug-likeness (QED) is 0.775. The summed E-state index contributed by atoms with van der Waals surface area (Å²) in [6, 6.07) is 11.0. The zero-order chi connectivity index (χ0) is 22.8. The molecule has 5 rings (SSSR count). The van der Waals surface area contributed by atoms with Crippen LogP contribution in [0.25, 0.3) is 0 Å². The summed E-state index contributed by atoms with van der Waals surface area (Å²) < 4.78 is 5.41. The zero-order valence-electron chi connectivity index (χ0n) is 18.9. The smallest absolute Gasteiger partial charge is 0.328 e. The van der Waals surface area contributed by atoms with E-state index < -0.39 is 5.54 Å². The van der Waals surface area contributed by atoms with E-state index in [4.69, 9.17) is 9.73 Å². The summed E-state index contributed by atoms with van der Waals surface area (Å²) in [5.74, 6) is 1.28. The maximum atomic E-state index is 13.3. The van der Waals surface area contributed by atoms with E-state index in [2.05, 4.69) is 10.3 Å². The van der Waals surface area contributed by atoms with Gasteiger partial charge in [0.15, 0.2) is 0 Å². The van der Waals surface area contributed by atoms with E-state index in [9.17, 15) is 9.59 Å². The van der Waals surface area contributed by atoms with Crippen molar-refractivity contribution in [2.24, 2.45) is 4.99 Å². The van der Waals surface area contributed by atoms with Gasteiger partial charge in [-0.2, -0.15) is 0 Å². The van der Waals surface area contributed by atoms with Crippen molar-refractivity contribution in [3.05, 3.63) is 54.4 Å². The second-order valence-electron chi connectivity index (χ2n) is 8.99. The van der Waals surface area contributed by atoms with E-state index >= 15 is 0 Å². The molecule has 8 nitrogen and oxygen atoms in total. The molecular weight excluding hydrogens is 418 g/mol. The number of likely N-dealkylation sites (tertiary alicyclic amines) is 1. The molecule has 3 aliphatic rings. The Morgan fingerprint density at radius 1 is 1.21 bits per heavy atom. The number of methoxy groups -OCH3 is 1. The number of amidine groups is 1. The van der Waals surface area contributed by atoms with Gasteiger partial charge in [-0.3, -0.25) is 25.0 Å². The summed E-state index contributed by atoms with van der Waals surface area (Å²) in [6.07, 6.45) is 9.48. The second-order valence-corrected chi connectivity index (χ2v) is 8.99. The fraction of sp³-hybridized carbons (Fsp3) is 0.440. The van der Waals surface area contributed by atoms with Crippen molar-refractivity contribution in [2.45, 2.75) is 50.1 Å². The first-order valence-corrected chi connectivity index (χ1v) is 11.6. The predicted molar refractivity (Wildman–Crippen MR) is 126 cm³/mol. The van der Waals surface area contributed by atoms with Crippen molar-refractivity contribution in [3.63, 3.8) is 0 Å². The first-order chi connectivity index (χ1) is 16.1. The highest BCUT2D eigenvalue weighted by Gasteiger charge is 2.56. The molecular formula is C25H29N5O3. The molecule has 2 aliphatic heterocycles. The number of amides is 3. The highest BCUT2D eigenvalue weighted by molar-refractivity contribution is 6.19. The van der Waals surface area contributed by atoms with Gasteiger partial charge in [-0.15, -0.1) is 0 Å². The normalized spacial score (nSPS) is 24.5. The lowest BCUT2D eigenvalue weighted by Crippen LogP contribution is -2.53. The Morgan fingerprint density at radius 3 is 2.82 bits per heavy atom. The number of ether oxygens (including phenoxy) is 1. The zero-order valence-corrected chi connectivity index (χ0v) is 18.9. The number of hydrogen-bond donors (Lipinski definition) is 1. The first-order valence-electron chi connectivity index (χ1n) is 11.6. The minimum absolute atomic E-state index is 0.0815. The summed E-state index contributed by atoms with van der Waals surface area (Å²) in [7, 11) is 1.61. The maximum absolute atomic E-state index is 13.3. The van der Waals surface area contributed by atoms with Crippen LogP contribution in [0.2, 0.25) is 0 Å². The van der Waals surface area contributed by atoms with Crippen LogP contribution in [0.3, 0.4) is 0 Å². The summed E-state index contributed by atoms with van der Waals surface area (Å²) in [4.78, 5) is 39.3. The average molecular weight is 448 g/mol. The molecule has 1 unspecified atom stereocenters. The number of benzene rings is 1. The lowest BCUT2D eigenvalue weighted by atomic mass is 9.93. The molecule has 1 N–H and O–H groups in total. The van der Waals surface area contributed by atoms with Crippen LogP contribution < -0.4 is 15.0 Å². The van der Waals surface area contributed by atoms with Crippen LogP contribution in [0.15, 0.2) is 53.8 Å². The van der Waals surface area contributed by atoms with E-state index in [0.29, 0.717) is 36.7 Å². The van der Waals surface area contributed by atoms with Crippen LogP contribution in [-0.2, 0) is 0 Å². The van der Waals surface area contributed by atoms with Crippen LogP contribution in [-0.4, -0.2) is 59.4 Å². The summed E-state index contributed by atoms with van der Waals surface area (Å²) in [5.41, 5.74) is 0.556. The molecule has 1 aromatic heterocycles. The van der Waals surface area contributed by atoms with Crippen molar-refractivity contribution in [1.29, 1.82) is 0 Å². The van der Waals surface area contributed by atoms with Crippen LogP contribution in [0.5, 0.6) is 5.75 Å². The molecule has 1 aromatic carbocycles. The molecule has 33 heavy (non-hydrogen) atoms. The van der Waals surface area contributed by atoms with E-state index in [1.807, 2.05) is 24.3 Å². The number of urea groups is 1. The fourth-order valence-electron chi connectivity index (χ4n) is 5.25. The number of nitrogens with one attached hydrogen (secondary N) is 1. The van der Waals surface area contributed by atoms with Crippen molar-refractivity contribution in [1.82, 2.24) is 15.2 Å². The van der Waals surface area contributed by atoms with Gasteiger partial charge in [-0.25, -0.2) is 4.79 Å².